The van der Waals surface area contributed by atoms with E-state index in [9.17, 15) is 43.2 Å². The first-order valence-corrected chi connectivity index (χ1v) is 41.7. The molecule has 5 unspecified atom stereocenters. The van der Waals surface area contributed by atoms with Gasteiger partial charge in [0, 0.05) is 19.3 Å². The maximum Gasteiger partial charge on any atom is 0.472 e. The van der Waals surface area contributed by atoms with Crippen molar-refractivity contribution < 1.29 is 80.2 Å². The van der Waals surface area contributed by atoms with Crippen molar-refractivity contribution in [3.8, 4) is 0 Å². The molecule has 0 spiro atoms. The molecule has 5 atom stereocenters. The van der Waals surface area contributed by atoms with E-state index in [0.717, 1.165) is 180 Å². The Balaban J connectivity index is 5.51. The van der Waals surface area contributed by atoms with Crippen LogP contribution in [0.3, 0.4) is 0 Å². The summed E-state index contributed by atoms with van der Waals surface area (Å²) in [6.07, 6.45) is 91.7. The van der Waals surface area contributed by atoms with E-state index in [1.807, 2.05) is 12.2 Å². The zero-order chi connectivity index (χ0) is 76.0. The Morgan fingerprint density at radius 3 is 0.817 bits per heavy atom. The SMILES string of the molecule is CC/C=C\C/C=C\C/C=C\C/C=C\C/C=C\CCCCCC(=O)OCC(COP(=O)(O)OCC(O)COP(=O)(O)OCC(COC(=O)CCCCCCC/C=C\C/C=C\C/C=C\CC)OC(=O)CCCCCCC/C=C\C/C=C\C/C=C\CC)OC(=O)C/C=C\C/C=C\C/C=C\C/C=C\C/C=C\CC. The zero-order valence-electron chi connectivity index (χ0n) is 63.9. The van der Waals surface area contributed by atoms with Crippen LogP contribution in [-0.2, 0) is 65.4 Å². The number of aliphatic hydroxyl groups excluding tert-OH is 1. The predicted molar refractivity (Wildman–Crippen MR) is 426 cm³/mol. The third kappa shape index (κ3) is 74.2. The third-order valence-electron chi connectivity index (χ3n) is 15.1. The number of aliphatic hydroxyl groups is 1. The van der Waals surface area contributed by atoms with Crippen LogP contribution in [0.2, 0.25) is 0 Å². The summed E-state index contributed by atoms with van der Waals surface area (Å²) in [5.41, 5.74) is 0. The molecule has 19 heteroatoms. The smallest absolute Gasteiger partial charge is 0.462 e. The molecule has 0 heterocycles. The quantitative estimate of drug-likeness (QED) is 0.0169. The minimum Gasteiger partial charge on any atom is -0.462 e. The summed E-state index contributed by atoms with van der Waals surface area (Å²) in [6.45, 7) is 4.19. The van der Waals surface area contributed by atoms with Gasteiger partial charge in [-0.1, -0.05) is 267 Å². The molecule has 0 bridgehead atoms. The van der Waals surface area contributed by atoms with Gasteiger partial charge >= 0.3 is 39.5 Å². The molecule has 586 valence electrons. The van der Waals surface area contributed by atoms with E-state index in [1.165, 1.54) is 0 Å². The van der Waals surface area contributed by atoms with Crippen molar-refractivity contribution >= 4 is 39.5 Å². The Morgan fingerprint density at radius 1 is 0.279 bits per heavy atom. The minimum atomic E-state index is -5.02. The lowest BCUT2D eigenvalue weighted by atomic mass is 10.1. The number of hydrogen-bond donors (Lipinski definition) is 3. The number of esters is 4. The number of rotatable bonds is 70. The van der Waals surface area contributed by atoms with Gasteiger partial charge in [-0.3, -0.25) is 37.3 Å². The van der Waals surface area contributed by atoms with Crippen LogP contribution in [0.25, 0.3) is 0 Å². The average molecular weight is 1490 g/mol. The highest BCUT2D eigenvalue weighted by molar-refractivity contribution is 7.47. The summed E-state index contributed by atoms with van der Waals surface area (Å²) >= 11 is 0. The summed E-state index contributed by atoms with van der Waals surface area (Å²) in [6, 6.07) is 0. The molecule has 0 aromatic heterocycles. The number of carbonyl (C=O) groups is 4. The van der Waals surface area contributed by atoms with E-state index >= 15 is 0 Å². The van der Waals surface area contributed by atoms with Crippen LogP contribution >= 0.6 is 15.6 Å². The predicted octanol–water partition coefficient (Wildman–Crippen LogP) is 22.5. The molecule has 0 radical (unpaired) electrons. The maximum absolute atomic E-state index is 13.1. The fourth-order valence-corrected chi connectivity index (χ4v) is 10.9. The van der Waals surface area contributed by atoms with Crippen LogP contribution in [0, 0.1) is 0 Å². The molecular weight excluding hydrogens is 1350 g/mol. The van der Waals surface area contributed by atoms with Crippen molar-refractivity contribution in [1.29, 1.82) is 0 Å². The second-order valence-corrected chi connectivity index (χ2v) is 27.7. The second kappa shape index (κ2) is 75.1. The van der Waals surface area contributed by atoms with E-state index < -0.39 is 97.5 Å². The van der Waals surface area contributed by atoms with Crippen LogP contribution in [0.5, 0.6) is 0 Å². The highest BCUT2D eigenvalue weighted by atomic mass is 31.2. The Labute approximate surface area is 627 Å². The Hall–Kier alpha value is -6.10. The second-order valence-electron chi connectivity index (χ2n) is 24.8. The van der Waals surface area contributed by atoms with Crippen LogP contribution in [-0.4, -0.2) is 96.7 Å². The summed E-state index contributed by atoms with van der Waals surface area (Å²) in [4.78, 5) is 72.9. The summed E-state index contributed by atoms with van der Waals surface area (Å²) in [7, 11) is -10.0. The van der Waals surface area contributed by atoms with E-state index in [2.05, 4.69) is 198 Å². The monoisotopic (exact) mass is 1490 g/mol. The van der Waals surface area contributed by atoms with Crippen molar-refractivity contribution in [1.82, 2.24) is 0 Å². The highest BCUT2D eigenvalue weighted by Gasteiger charge is 2.30. The normalized spacial score (nSPS) is 15.0. The molecule has 0 aromatic rings. The fraction of sp³-hybridized carbons (Fsp3) is 0.576. The topological polar surface area (TPSA) is 237 Å². The van der Waals surface area contributed by atoms with Gasteiger partial charge in [-0.05, 0) is 161 Å². The summed E-state index contributed by atoms with van der Waals surface area (Å²) in [5.74, 6) is -2.42. The van der Waals surface area contributed by atoms with Gasteiger partial charge < -0.3 is 33.8 Å². The maximum atomic E-state index is 13.1. The van der Waals surface area contributed by atoms with E-state index in [1.54, 1.807) is 12.2 Å². The largest absolute Gasteiger partial charge is 0.472 e. The number of unbranched alkanes of at least 4 members (excludes halogenated alkanes) is 13. The average Bonchev–Trinajstić information content (AvgIpc) is 0.918. The lowest BCUT2D eigenvalue weighted by Gasteiger charge is -2.21. The third-order valence-corrected chi connectivity index (χ3v) is 17.0. The molecule has 17 nitrogen and oxygen atoms in total. The first kappa shape index (κ1) is 97.9. The van der Waals surface area contributed by atoms with E-state index in [0.29, 0.717) is 25.7 Å². The molecule has 3 N–H and O–H groups in total. The van der Waals surface area contributed by atoms with Crippen molar-refractivity contribution in [2.75, 3.05) is 39.6 Å². The van der Waals surface area contributed by atoms with Gasteiger partial charge in [0.15, 0.2) is 12.2 Å². The highest BCUT2D eigenvalue weighted by Crippen LogP contribution is 2.45. The van der Waals surface area contributed by atoms with Crippen molar-refractivity contribution in [2.24, 2.45) is 0 Å². The molecule has 0 saturated heterocycles. The minimum absolute atomic E-state index is 0.0607. The Bertz CT molecular complexity index is 2740. The van der Waals surface area contributed by atoms with Crippen LogP contribution in [0.15, 0.2) is 194 Å². The zero-order valence-corrected chi connectivity index (χ0v) is 65.6. The van der Waals surface area contributed by atoms with Crippen molar-refractivity contribution in [3.05, 3.63) is 194 Å². The first-order valence-electron chi connectivity index (χ1n) is 38.7. The molecule has 0 aromatic carbocycles. The molecule has 104 heavy (non-hydrogen) atoms. The number of hydrogen-bond acceptors (Lipinski definition) is 15. The number of carbonyl (C=O) groups excluding carboxylic acids is 4. The van der Waals surface area contributed by atoms with E-state index in [-0.39, 0.29) is 25.7 Å². The summed E-state index contributed by atoms with van der Waals surface area (Å²) < 4.78 is 68.3. The molecule has 0 rings (SSSR count). The first-order chi connectivity index (χ1) is 50.7. The number of phosphoric acid groups is 2. The molecule has 0 aliphatic carbocycles. The molecular formula is C85H134O17P2. The Morgan fingerprint density at radius 2 is 0.510 bits per heavy atom. The molecule has 0 aliphatic heterocycles. The number of allylic oxidation sites excluding steroid dienone is 31. The van der Waals surface area contributed by atoms with E-state index in [4.69, 9.17) is 37.0 Å². The fourth-order valence-electron chi connectivity index (χ4n) is 9.35. The number of phosphoric ester groups is 2. The standard InChI is InChI=1S/C85H134O17P2/c1-5-9-13-17-21-25-29-33-37-38-39-40-44-46-50-54-58-62-66-70-83(88)96-76-81(102-85(90)72-68-64-60-56-52-48-43-36-32-28-24-20-16-12-8-4)78-100-104(93,94)98-74-79(86)73-97-103(91,92)99-77-80(101-84(89)71-67-63-59-55-51-47-42-35-31-27-23-19-15-11-7-3)75-95-82(87)69-65-61-57-53-49-45-41-34-30-26-22-18-14-10-6-2/h9-16,21-28,33-37,39-43,46,50,52,56,64,68,79-81,86H,5-8,17-20,29-32,38,44-45,47-49,51,53-55,57-63,65-67,69-78H2,1-4H3,(H,91,92)(H,93,94)/b13-9-,14-10-,15-11-,16-12-,25-21-,26-22-,27-23-,28-24-,37-33-,40-39-,41-34-,42-35-,43-36-,50-46-,56-52-,68-64-. The van der Waals surface area contributed by atoms with Gasteiger partial charge in [-0.15, -0.1) is 0 Å². The lowest BCUT2D eigenvalue weighted by molar-refractivity contribution is -0.161. The lowest BCUT2D eigenvalue weighted by Crippen LogP contribution is -2.30. The molecule has 0 saturated carbocycles. The van der Waals surface area contributed by atoms with Gasteiger partial charge in [0.1, 0.15) is 19.3 Å². The van der Waals surface area contributed by atoms with Gasteiger partial charge in [0.2, 0.25) is 0 Å². The molecule has 0 aliphatic rings. The summed E-state index contributed by atoms with van der Waals surface area (Å²) in [5, 5.41) is 10.6. The Kier molecular flexibility index (Phi) is 70.7. The van der Waals surface area contributed by atoms with Crippen LogP contribution in [0.4, 0.5) is 0 Å². The van der Waals surface area contributed by atoms with Gasteiger partial charge in [-0.25, -0.2) is 9.13 Å². The van der Waals surface area contributed by atoms with Gasteiger partial charge in [-0.2, -0.15) is 0 Å². The van der Waals surface area contributed by atoms with Crippen LogP contribution in [0.1, 0.15) is 259 Å². The van der Waals surface area contributed by atoms with Gasteiger partial charge in [0.25, 0.3) is 0 Å². The van der Waals surface area contributed by atoms with Gasteiger partial charge in [0.05, 0.1) is 32.8 Å². The molecule has 0 fully saturated rings. The molecule has 0 amide bonds. The number of ether oxygens (including phenoxy) is 4. The van der Waals surface area contributed by atoms with Crippen molar-refractivity contribution in [2.45, 2.75) is 277 Å². The van der Waals surface area contributed by atoms with Crippen molar-refractivity contribution in [3.63, 3.8) is 0 Å². The van der Waals surface area contributed by atoms with Crippen LogP contribution < -0.4 is 0 Å².